The number of hydrogen-bond donors (Lipinski definition) is 0. The van der Waals surface area contributed by atoms with Crippen molar-refractivity contribution in [1.82, 2.24) is 9.80 Å². The van der Waals surface area contributed by atoms with Gasteiger partial charge in [-0.15, -0.1) is 11.6 Å². The van der Waals surface area contributed by atoms with Crippen LogP contribution in [0.25, 0.3) is 0 Å². The van der Waals surface area contributed by atoms with Gasteiger partial charge < -0.3 is 9.64 Å². The van der Waals surface area contributed by atoms with Crippen molar-refractivity contribution in [1.29, 1.82) is 0 Å². The smallest absolute Gasteiger partial charge is 0.123 e. The average molecular weight is 362 g/mol. The van der Waals surface area contributed by atoms with Gasteiger partial charge in [-0.2, -0.15) is 0 Å². The van der Waals surface area contributed by atoms with E-state index in [9.17, 15) is 0 Å². The fraction of sp³-hybridized carbons (Fsp3) is 0.600. The van der Waals surface area contributed by atoms with E-state index in [4.69, 9.17) is 16.3 Å². The Bertz CT molecular complexity index is 430. The molecule has 0 N–H and O–H groups in total. The summed E-state index contributed by atoms with van der Waals surface area (Å²) >= 11 is 9.37. The van der Waals surface area contributed by atoms with Crippen LogP contribution in [0.4, 0.5) is 0 Å². The molecule has 1 fully saturated rings. The van der Waals surface area contributed by atoms with Gasteiger partial charge in [-0.25, -0.2) is 0 Å². The number of ether oxygens (including phenoxy) is 1. The summed E-state index contributed by atoms with van der Waals surface area (Å²) in [7, 11) is 1.73. The molecule has 1 aliphatic rings. The first kappa shape index (κ1) is 16.1. The van der Waals surface area contributed by atoms with Gasteiger partial charge in [-0.3, -0.25) is 4.90 Å². The first-order valence-corrected chi connectivity index (χ1v) is 8.39. The highest BCUT2D eigenvalue weighted by molar-refractivity contribution is 9.10. The molecule has 0 unspecified atom stereocenters. The van der Waals surface area contributed by atoms with Gasteiger partial charge >= 0.3 is 0 Å². The topological polar surface area (TPSA) is 15.7 Å². The summed E-state index contributed by atoms with van der Waals surface area (Å²) in [6.45, 7) is 6.41. The number of benzene rings is 1. The molecule has 5 heteroatoms. The molecule has 1 saturated heterocycles. The van der Waals surface area contributed by atoms with Gasteiger partial charge in [0.15, 0.2) is 0 Å². The maximum Gasteiger partial charge on any atom is 0.123 e. The summed E-state index contributed by atoms with van der Waals surface area (Å²) in [5, 5.41) is 0. The summed E-state index contributed by atoms with van der Waals surface area (Å²) < 4.78 is 6.56. The molecule has 112 valence electrons. The highest BCUT2D eigenvalue weighted by Crippen LogP contribution is 2.24. The monoisotopic (exact) mass is 360 g/mol. The Hall–Kier alpha value is -0.290. The van der Waals surface area contributed by atoms with Crippen LogP contribution in [0, 0.1) is 0 Å². The second kappa shape index (κ2) is 8.23. The van der Waals surface area contributed by atoms with E-state index in [0.29, 0.717) is 0 Å². The molecule has 0 aliphatic carbocycles. The molecule has 0 radical (unpaired) electrons. The second-order valence-electron chi connectivity index (χ2n) is 5.12. The quantitative estimate of drug-likeness (QED) is 0.749. The SMILES string of the molecule is COc1ccc(Br)cc1CN1CCCN(CCCl)CC1. The number of hydrogen-bond acceptors (Lipinski definition) is 3. The van der Waals surface area contributed by atoms with Crippen molar-refractivity contribution in [3.8, 4) is 5.75 Å². The number of rotatable bonds is 5. The van der Waals surface area contributed by atoms with Crippen LogP contribution in [0.5, 0.6) is 5.75 Å². The number of halogens is 2. The van der Waals surface area contributed by atoms with Gasteiger partial charge in [0.1, 0.15) is 5.75 Å². The number of alkyl halides is 1. The second-order valence-corrected chi connectivity index (χ2v) is 6.41. The molecule has 0 atom stereocenters. The lowest BCUT2D eigenvalue weighted by molar-refractivity contribution is 0.255. The van der Waals surface area contributed by atoms with Crippen molar-refractivity contribution in [3.63, 3.8) is 0 Å². The minimum Gasteiger partial charge on any atom is -0.496 e. The molecule has 0 spiro atoms. The highest BCUT2D eigenvalue weighted by atomic mass is 79.9. The van der Waals surface area contributed by atoms with Crippen LogP contribution >= 0.6 is 27.5 Å². The number of nitrogens with zero attached hydrogens (tertiary/aromatic N) is 2. The molecule has 3 nitrogen and oxygen atoms in total. The molecule has 1 aliphatic heterocycles. The van der Waals surface area contributed by atoms with Crippen molar-refractivity contribution in [2.45, 2.75) is 13.0 Å². The van der Waals surface area contributed by atoms with Crippen LogP contribution in [0.1, 0.15) is 12.0 Å². The summed E-state index contributed by atoms with van der Waals surface area (Å²) in [5.41, 5.74) is 1.24. The molecule has 1 aromatic rings. The van der Waals surface area contributed by atoms with E-state index in [1.54, 1.807) is 7.11 Å². The molecular formula is C15H22BrClN2O. The summed E-state index contributed by atoms with van der Waals surface area (Å²) in [6.07, 6.45) is 1.20. The van der Waals surface area contributed by atoms with E-state index in [2.05, 4.69) is 31.8 Å². The highest BCUT2D eigenvalue weighted by Gasteiger charge is 2.16. The predicted molar refractivity (Wildman–Crippen MR) is 87.7 cm³/mol. The van der Waals surface area contributed by atoms with Crippen molar-refractivity contribution in [3.05, 3.63) is 28.2 Å². The first-order chi connectivity index (χ1) is 9.72. The molecule has 0 saturated carbocycles. The van der Waals surface area contributed by atoms with Crippen LogP contribution < -0.4 is 4.74 Å². The number of methoxy groups -OCH3 is 1. The fourth-order valence-electron chi connectivity index (χ4n) is 2.64. The Morgan fingerprint density at radius 1 is 1.20 bits per heavy atom. The van der Waals surface area contributed by atoms with Crippen LogP contribution in [0.2, 0.25) is 0 Å². The van der Waals surface area contributed by atoms with Crippen molar-refractivity contribution in [2.24, 2.45) is 0 Å². The molecular weight excluding hydrogens is 340 g/mol. The van der Waals surface area contributed by atoms with Gasteiger partial charge in [0.05, 0.1) is 7.11 Å². The van der Waals surface area contributed by atoms with Gasteiger partial charge in [0, 0.05) is 42.1 Å². The zero-order valence-corrected chi connectivity index (χ0v) is 14.3. The molecule has 2 rings (SSSR count). The van der Waals surface area contributed by atoms with Crippen molar-refractivity contribution >= 4 is 27.5 Å². The normalized spacial score (nSPS) is 17.9. The summed E-state index contributed by atoms with van der Waals surface area (Å²) in [4.78, 5) is 4.95. The van der Waals surface area contributed by atoms with Crippen molar-refractivity contribution in [2.75, 3.05) is 45.7 Å². The fourth-order valence-corrected chi connectivity index (χ4v) is 3.28. The Labute approximate surface area is 135 Å². The molecule has 0 amide bonds. The van der Waals surface area contributed by atoms with Gasteiger partial charge in [0.2, 0.25) is 0 Å². The van der Waals surface area contributed by atoms with Gasteiger partial charge in [-0.1, -0.05) is 15.9 Å². The lowest BCUT2D eigenvalue weighted by Gasteiger charge is -2.22. The van der Waals surface area contributed by atoms with Gasteiger partial charge in [-0.05, 0) is 37.7 Å². The summed E-state index contributed by atoms with van der Waals surface area (Å²) in [6, 6.07) is 6.20. The van der Waals surface area contributed by atoms with E-state index in [1.165, 1.54) is 12.0 Å². The minimum atomic E-state index is 0.722. The molecule has 1 aromatic carbocycles. The van der Waals surface area contributed by atoms with Crippen LogP contribution in [0.3, 0.4) is 0 Å². The molecule has 0 aromatic heterocycles. The van der Waals surface area contributed by atoms with E-state index >= 15 is 0 Å². The zero-order chi connectivity index (χ0) is 14.4. The Balaban J connectivity index is 1.97. The van der Waals surface area contributed by atoms with E-state index in [1.807, 2.05) is 12.1 Å². The zero-order valence-electron chi connectivity index (χ0n) is 11.9. The third-order valence-corrected chi connectivity index (χ3v) is 4.38. The van der Waals surface area contributed by atoms with Crippen LogP contribution in [0.15, 0.2) is 22.7 Å². The Morgan fingerprint density at radius 2 is 1.95 bits per heavy atom. The third-order valence-electron chi connectivity index (χ3n) is 3.72. The van der Waals surface area contributed by atoms with Crippen LogP contribution in [-0.4, -0.2) is 55.5 Å². The first-order valence-electron chi connectivity index (χ1n) is 7.06. The van der Waals surface area contributed by atoms with Crippen LogP contribution in [-0.2, 0) is 6.54 Å². The van der Waals surface area contributed by atoms with E-state index < -0.39 is 0 Å². The van der Waals surface area contributed by atoms with E-state index in [-0.39, 0.29) is 0 Å². The molecule has 1 heterocycles. The maximum atomic E-state index is 5.83. The Morgan fingerprint density at radius 3 is 2.70 bits per heavy atom. The van der Waals surface area contributed by atoms with Gasteiger partial charge in [0.25, 0.3) is 0 Å². The predicted octanol–water partition coefficient (Wildman–Crippen LogP) is 3.20. The lowest BCUT2D eigenvalue weighted by Crippen LogP contribution is -2.31. The maximum absolute atomic E-state index is 5.83. The third kappa shape index (κ3) is 4.62. The minimum absolute atomic E-state index is 0.722. The largest absolute Gasteiger partial charge is 0.496 e. The standard InChI is InChI=1S/C15H22BrClN2O/c1-20-15-4-3-14(16)11-13(15)12-19-7-2-6-18(8-5-17)9-10-19/h3-4,11H,2,5-10,12H2,1H3. The molecule has 20 heavy (non-hydrogen) atoms. The lowest BCUT2D eigenvalue weighted by atomic mass is 10.2. The van der Waals surface area contributed by atoms with E-state index in [0.717, 1.165) is 55.4 Å². The summed E-state index contributed by atoms with van der Waals surface area (Å²) in [5.74, 6) is 1.69. The Kier molecular flexibility index (Phi) is 6.62. The average Bonchev–Trinajstić information content (AvgIpc) is 2.65. The van der Waals surface area contributed by atoms with Crippen molar-refractivity contribution < 1.29 is 4.74 Å². The molecule has 0 bridgehead atoms.